The van der Waals surface area contributed by atoms with Crippen LogP contribution in [0, 0.1) is 0 Å². The fourth-order valence-electron chi connectivity index (χ4n) is 1.79. The van der Waals surface area contributed by atoms with Crippen LogP contribution in [0.25, 0.3) is 0 Å². The van der Waals surface area contributed by atoms with E-state index in [0.29, 0.717) is 0 Å². The molecule has 0 heterocycles. The quantitative estimate of drug-likeness (QED) is 0.250. The molecule has 10 heteroatoms. The van der Waals surface area contributed by atoms with Crippen molar-refractivity contribution in [3.63, 3.8) is 0 Å². The van der Waals surface area contributed by atoms with Gasteiger partial charge in [0.05, 0.1) is 18.9 Å². The Kier molecular flexibility index (Phi) is 6.31. The summed E-state index contributed by atoms with van der Waals surface area (Å²) in [6.45, 7) is -0.625. The summed E-state index contributed by atoms with van der Waals surface area (Å²) < 4.78 is 16.3. The minimum absolute atomic E-state index is 0.397. The van der Waals surface area contributed by atoms with Crippen molar-refractivity contribution in [3.05, 3.63) is 0 Å². The van der Waals surface area contributed by atoms with E-state index < -0.39 is 63.5 Å². The molecule has 0 aromatic rings. The second-order valence-corrected chi connectivity index (χ2v) is 5.84. The van der Waals surface area contributed by atoms with Crippen molar-refractivity contribution in [1.29, 1.82) is 0 Å². The summed E-state index contributed by atoms with van der Waals surface area (Å²) in [5.74, 6) is 0. The number of hydrogen-bond donors (Lipinski definition) is 7. The van der Waals surface area contributed by atoms with E-state index in [0.717, 1.165) is 0 Å². The van der Waals surface area contributed by atoms with Crippen LogP contribution < -0.4 is 0 Å². The highest BCUT2D eigenvalue weighted by Gasteiger charge is 2.49. The van der Waals surface area contributed by atoms with Crippen LogP contribution in [-0.4, -0.2) is 91.2 Å². The Bertz CT molecular complexity index is 298. The Morgan fingerprint density at radius 2 is 1.37 bits per heavy atom. The van der Waals surface area contributed by atoms with Gasteiger partial charge in [-0.25, -0.2) is 0 Å². The molecule has 1 fully saturated rings. The van der Waals surface area contributed by atoms with Gasteiger partial charge in [0.1, 0.15) is 36.6 Å². The van der Waals surface area contributed by atoms with E-state index in [9.17, 15) is 30.1 Å². The molecular formula is C9H19O9P. The molecule has 1 rings (SSSR count). The molecule has 1 aliphatic rings. The van der Waals surface area contributed by atoms with E-state index in [2.05, 4.69) is 0 Å². The van der Waals surface area contributed by atoms with Crippen LogP contribution in [0.2, 0.25) is 0 Å². The smallest absolute Gasteiger partial charge is 0.194 e. The molecule has 1 aliphatic carbocycles. The summed E-state index contributed by atoms with van der Waals surface area (Å²) in [5, 5.41) is 65.0. The Morgan fingerprint density at radius 3 is 1.79 bits per heavy atom. The third kappa shape index (κ3) is 3.94. The highest BCUT2D eigenvalue weighted by atomic mass is 31.1. The molecule has 19 heavy (non-hydrogen) atoms. The lowest BCUT2D eigenvalue weighted by molar-refractivity contribution is -0.216. The minimum Gasteiger partial charge on any atom is -0.394 e. The summed E-state index contributed by atoms with van der Waals surface area (Å²) in [4.78, 5) is 0. The van der Waals surface area contributed by atoms with E-state index in [1.807, 2.05) is 0 Å². The second kappa shape index (κ2) is 7.07. The summed E-state index contributed by atoms with van der Waals surface area (Å²) >= 11 is 0. The first-order valence-corrected chi connectivity index (χ1v) is 7.20. The number of aliphatic hydroxyl groups excluding tert-OH is 7. The predicted octanol–water partition coefficient (Wildman–Crippen LogP) is -3.98. The average molecular weight is 302 g/mol. The molecule has 2 unspecified atom stereocenters. The lowest BCUT2D eigenvalue weighted by Gasteiger charge is -2.41. The van der Waals surface area contributed by atoms with E-state index in [1.165, 1.54) is 0 Å². The molecule has 0 bridgehead atoms. The van der Waals surface area contributed by atoms with Gasteiger partial charge in [0.2, 0.25) is 0 Å². The monoisotopic (exact) mass is 302 g/mol. The topological polar surface area (TPSA) is 168 Å². The molecule has 0 amide bonds. The molecule has 0 spiro atoms. The van der Waals surface area contributed by atoms with Crippen LogP contribution in [0.5, 0.6) is 0 Å². The van der Waals surface area contributed by atoms with Gasteiger partial charge in [0.15, 0.2) is 8.03 Å². The zero-order chi connectivity index (χ0) is 14.7. The summed E-state index contributed by atoms with van der Waals surface area (Å²) in [6.07, 6.45) is -12.0. The lowest BCUT2D eigenvalue weighted by atomic mass is 9.85. The molecular weight excluding hydrogens is 283 g/mol. The van der Waals surface area contributed by atoms with Gasteiger partial charge >= 0.3 is 0 Å². The van der Waals surface area contributed by atoms with Crippen LogP contribution in [0.4, 0.5) is 0 Å². The maximum absolute atomic E-state index is 11.5. The molecule has 0 aromatic heterocycles. The molecule has 114 valence electrons. The lowest BCUT2D eigenvalue weighted by Crippen LogP contribution is -2.63. The molecule has 0 aromatic carbocycles. The Balaban J connectivity index is 2.67. The third-order valence-corrected chi connectivity index (χ3v) is 4.29. The van der Waals surface area contributed by atoms with Crippen molar-refractivity contribution < 1.29 is 44.8 Å². The van der Waals surface area contributed by atoms with Gasteiger partial charge in [-0.15, -0.1) is 0 Å². The highest BCUT2D eigenvalue weighted by Crippen LogP contribution is 2.33. The van der Waals surface area contributed by atoms with Gasteiger partial charge in [0.25, 0.3) is 0 Å². The third-order valence-electron chi connectivity index (χ3n) is 2.95. The Hall–Kier alpha value is -0.0900. The fraction of sp³-hybridized carbons (Fsp3) is 1.00. The first-order valence-electron chi connectivity index (χ1n) is 5.68. The SMILES string of the molecule is O=[PH](CC(O)CO)O[C@@H]1[C@@H](O)[C@H](O)[C@@H](O)[C@H](O)[C@@H]1O. The molecule has 0 aliphatic heterocycles. The average Bonchev–Trinajstić information content (AvgIpc) is 2.39. The van der Waals surface area contributed by atoms with E-state index >= 15 is 0 Å². The molecule has 8 atom stereocenters. The Labute approximate surface area is 109 Å². The Morgan fingerprint density at radius 1 is 0.947 bits per heavy atom. The summed E-state index contributed by atoms with van der Waals surface area (Å²) in [5.41, 5.74) is 0. The summed E-state index contributed by atoms with van der Waals surface area (Å²) in [7, 11) is -2.91. The first kappa shape index (κ1) is 17.0. The molecule has 0 radical (unpaired) electrons. The fourth-order valence-corrected chi connectivity index (χ4v) is 2.99. The van der Waals surface area contributed by atoms with Gasteiger partial charge < -0.3 is 40.3 Å². The predicted molar refractivity (Wildman–Crippen MR) is 61.9 cm³/mol. The van der Waals surface area contributed by atoms with Gasteiger partial charge in [-0.1, -0.05) is 0 Å². The maximum Gasteiger partial charge on any atom is 0.194 e. The van der Waals surface area contributed by atoms with Crippen LogP contribution in [0.15, 0.2) is 0 Å². The number of rotatable bonds is 5. The number of hydrogen-bond acceptors (Lipinski definition) is 9. The van der Waals surface area contributed by atoms with E-state index in [4.69, 9.17) is 14.7 Å². The van der Waals surface area contributed by atoms with Crippen molar-refractivity contribution in [2.24, 2.45) is 0 Å². The van der Waals surface area contributed by atoms with E-state index in [-0.39, 0.29) is 0 Å². The van der Waals surface area contributed by atoms with Gasteiger partial charge in [0, 0.05) is 0 Å². The number of aliphatic hydroxyl groups is 7. The largest absolute Gasteiger partial charge is 0.394 e. The van der Waals surface area contributed by atoms with Crippen molar-refractivity contribution in [2.45, 2.75) is 42.7 Å². The van der Waals surface area contributed by atoms with Crippen LogP contribution in [-0.2, 0) is 9.09 Å². The normalized spacial score (nSPS) is 42.9. The standard InChI is InChI=1S/C9H19O9P/c10-1-3(11)2-19(17)18-9-7(15)5(13)4(12)6(14)8(9)16/h3-16,19H,1-2H2/t3?,4-,5-,6+,7-,8-,9-/m0/s1. The van der Waals surface area contributed by atoms with Gasteiger partial charge in [-0.2, -0.15) is 0 Å². The van der Waals surface area contributed by atoms with Crippen molar-refractivity contribution >= 4 is 8.03 Å². The molecule has 1 saturated carbocycles. The van der Waals surface area contributed by atoms with Crippen LogP contribution in [0.1, 0.15) is 0 Å². The zero-order valence-electron chi connectivity index (χ0n) is 9.90. The first-order chi connectivity index (χ1) is 8.79. The molecule has 9 nitrogen and oxygen atoms in total. The van der Waals surface area contributed by atoms with Gasteiger partial charge in [-0.3, -0.25) is 4.57 Å². The van der Waals surface area contributed by atoms with Crippen molar-refractivity contribution in [2.75, 3.05) is 12.8 Å². The molecule has 0 saturated heterocycles. The van der Waals surface area contributed by atoms with Crippen molar-refractivity contribution in [1.82, 2.24) is 0 Å². The molecule has 7 N–H and O–H groups in total. The van der Waals surface area contributed by atoms with Crippen LogP contribution >= 0.6 is 8.03 Å². The minimum atomic E-state index is -2.91. The second-order valence-electron chi connectivity index (χ2n) is 4.45. The highest BCUT2D eigenvalue weighted by molar-refractivity contribution is 7.39. The zero-order valence-corrected chi connectivity index (χ0v) is 10.9. The maximum atomic E-state index is 11.5. The van der Waals surface area contributed by atoms with E-state index in [1.54, 1.807) is 0 Å². The van der Waals surface area contributed by atoms with Crippen LogP contribution in [0.3, 0.4) is 0 Å². The van der Waals surface area contributed by atoms with Crippen molar-refractivity contribution in [3.8, 4) is 0 Å². The van der Waals surface area contributed by atoms with Gasteiger partial charge in [-0.05, 0) is 0 Å². The summed E-state index contributed by atoms with van der Waals surface area (Å²) in [6, 6.07) is 0.